The Bertz CT molecular complexity index is 853. The molecule has 2 aliphatic heterocycles. The molecule has 7 nitrogen and oxygen atoms in total. The highest BCUT2D eigenvalue weighted by Crippen LogP contribution is 2.32. The number of nitrogens with zero attached hydrogens (tertiary/aromatic N) is 1. The number of benzene rings is 1. The molecule has 0 radical (unpaired) electrons. The molecule has 1 aromatic carbocycles. The maximum Gasteiger partial charge on any atom is 0.287 e. The Labute approximate surface area is 183 Å². The fourth-order valence-corrected chi connectivity index (χ4v) is 4.39. The van der Waals surface area contributed by atoms with Crippen LogP contribution in [0.5, 0.6) is 11.5 Å². The van der Waals surface area contributed by atoms with Crippen molar-refractivity contribution >= 4 is 5.91 Å². The zero-order valence-corrected chi connectivity index (χ0v) is 18.2. The summed E-state index contributed by atoms with van der Waals surface area (Å²) >= 11 is 0. The van der Waals surface area contributed by atoms with Crippen molar-refractivity contribution in [3.63, 3.8) is 0 Å². The van der Waals surface area contributed by atoms with E-state index in [0.29, 0.717) is 23.8 Å². The summed E-state index contributed by atoms with van der Waals surface area (Å²) in [5, 5.41) is 3.11. The van der Waals surface area contributed by atoms with Gasteiger partial charge in [0.15, 0.2) is 5.76 Å². The molecule has 2 fully saturated rings. The lowest BCUT2D eigenvalue weighted by atomic mass is 9.79. The number of furan rings is 1. The van der Waals surface area contributed by atoms with E-state index in [-0.39, 0.29) is 17.9 Å². The summed E-state index contributed by atoms with van der Waals surface area (Å²) in [6.45, 7) is 5.75. The average molecular weight is 429 g/mol. The molecule has 0 spiro atoms. The summed E-state index contributed by atoms with van der Waals surface area (Å²) in [4.78, 5) is 15.3. The summed E-state index contributed by atoms with van der Waals surface area (Å²) in [7, 11) is 1.62. The molecule has 3 heterocycles. The van der Waals surface area contributed by atoms with E-state index in [2.05, 4.69) is 10.2 Å². The first-order chi connectivity index (χ1) is 15.2. The van der Waals surface area contributed by atoms with Gasteiger partial charge in [-0.3, -0.25) is 4.79 Å². The molecule has 0 saturated carbocycles. The van der Waals surface area contributed by atoms with Crippen molar-refractivity contribution in [1.82, 2.24) is 10.2 Å². The second-order valence-electron chi connectivity index (χ2n) is 8.51. The number of likely N-dealkylation sites (tertiary alicyclic amines) is 1. The molecule has 7 heteroatoms. The van der Waals surface area contributed by atoms with Gasteiger partial charge in [0.25, 0.3) is 5.91 Å². The number of amides is 1. The lowest BCUT2D eigenvalue weighted by Crippen LogP contribution is -2.48. The van der Waals surface area contributed by atoms with Crippen LogP contribution in [0.4, 0.5) is 0 Å². The van der Waals surface area contributed by atoms with E-state index in [1.165, 1.54) is 12.8 Å². The predicted molar refractivity (Wildman–Crippen MR) is 117 cm³/mol. The van der Waals surface area contributed by atoms with Gasteiger partial charge in [-0.15, -0.1) is 0 Å². The number of hydrogen-bond acceptors (Lipinski definition) is 6. The predicted octanol–water partition coefficient (Wildman–Crippen LogP) is 3.49. The summed E-state index contributed by atoms with van der Waals surface area (Å²) < 4.78 is 22.3. The monoisotopic (exact) mass is 428 g/mol. The summed E-state index contributed by atoms with van der Waals surface area (Å²) in [6.07, 6.45) is 4.49. The van der Waals surface area contributed by atoms with Gasteiger partial charge in [0.1, 0.15) is 23.9 Å². The van der Waals surface area contributed by atoms with Crippen molar-refractivity contribution in [1.29, 1.82) is 0 Å². The molecule has 2 aromatic rings. The van der Waals surface area contributed by atoms with Gasteiger partial charge in [-0.1, -0.05) is 6.07 Å². The van der Waals surface area contributed by atoms with Gasteiger partial charge in [0, 0.05) is 37.8 Å². The fourth-order valence-electron chi connectivity index (χ4n) is 4.39. The number of rotatable bonds is 9. The van der Waals surface area contributed by atoms with Gasteiger partial charge >= 0.3 is 0 Å². The molecule has 1 amide bonds. The lowest BCUT2D eigenvalue weighted by molar-refractivity contribution is -0.000762. The third kappa shape index (κ3) is 5.80. The number of hydrogen-bond donors (Lipinski definition) is 1. The van der Waals surface area contributed by atoms with Gasteiger partial charge in [0.05, 0.1) is 7.11 Å². The minimum atomic E-state index is -0.181. The minimum Gasteiger partial charge on any atom is -0.497 e. The zero-order chi connectivity index (χ0) is 21.5. The van der Waals surface area contributed by atoms with Gasteiger partial charge in [-0.2, -0.15) is 0 Å². The van der Waals surface area contributed by atoms with Gasteiger partial charge in [-0.05, 0) is 63.0 Å². The van der Waals surface area contributed by atoms with E-state index in [0.717, 1.165) is 51.4 Å². The van der Waals surface area contributed by atoms with Gasteiger partial charge in [-0.25, -0.2) is 0 Å². The molecule has 0 aliphatic carbocycles. The van der Waals surface area contributed by atoms with Crippen LogP contribution >= 0.6 is 0 Å². The fraction of sp³-hybridized carbons (Fsp3) is 0.542. The quantitative estimate of drug-likeness (QED) is 0.659. The maximum atomic E-state index is 12.7. The van der Waals surface area contributed by atoms with Crippen molar-refractivity contribution in [2.24, 2.45) is 5.41 Å². The summed E-state index contributed by atoms with van der Waals surface area (Å²) in [5.41, 5.74) is 0.0726. The molecule has 0 unspecified atom stereocenters. The van der Waals surface area contributed by atoms with Crippen molar-refractivity contribution in [3.8, 4) is 11.5 Å². The molecule has 168 valence electrons. The Morgan fingerprint density at radius 3 is 2.68 bits per heavy atom. The molecular weight excluding hydrogens is 396 g/mol. The standard InChI is InChI=1S/C24H32N2O5/c1-28-19-5-4-6-20(15-19)30-16-21-7-8-22(31-21)23(27)25-17-24(9-13-29-14-10-24)18-26-11-2-3-12-26/h4-8,15H,2-3,9-14,16-18H2,1H3,(H,25,27). The maximum absolute atomic E-state index is 12.7. The minimum absolute atomic E-state index is 0.0726. The van der Waals surface area contributed by atoms with Crippen LogP contribution in [-0.4, -0.2) is 57.3 Å². The Morgan fingerprint density at radius 2 is 1.90 bits per heavy atom. The molecular formula is C24H32N2O5. The molecule has 2 saturated heterocycles. The first kappa shape index (κ1) is 21.7. The molecule has 1 aromatic heterocycles. The van der Waals surface area contributed by atoms with Crippen molar-refractivity contribution < 1.29 is 23.4 Å². The highest BCUT2D eigenvalue weighted by Gasteiger charge is 2.35. The van der Waals surface area contributed by atoms with Crippen LogP contribution in [0.2, 0.25) is 0 Å². The molecule has 0 atom stereocenters. The van der Waals surface area contributed by atoms with Crippen LogP contribution in [0.3, 0.4) is 0 Å². The van der Waals surface area contributed by atoms with Crippen LogP contribution in [0, 0.1) is 5.41 Å². The van der Waals surface area contributed by atoms with Gasteiger partial charge < -0.3 is 28.8 Å². The first-order valence-corrected chi connectivity index (χ1v) is 11.1. The van der Waals surface area contributed by atoms with E-state index in [1.807, 2.05) is 24.3 Å². The third-order valence-electron chi connectivity index (χ3n) is 6.24. The second kappa shape index (κ2) is 10.2. The topological polar surface area (TPSA) is 73.2 Å². The SMILES string of the molecule is COc1cccc(OCc2ccc(C(=O)NCC3(CN4CCCC4)CCOCC3)o2)c1. The van der Waals surface area contributed by atoms with Crippen molar-refractivity contribution in [3.05, 3.63) is 47.9 Å². The number of carbonyl (C=O) groups excluding carboxylic acids is 1. The molecule has 0 bridgehead atoms. The largest absolute Gasteiger partial charge is 0.497 e. The number of nitrogens with one attached hydrogen (secondary N) is 1. The van der Waals surface area contributed by atoms with E-state index in [4.69, 9.17) is 18.6 Å². The smallest absolute Gasteiger partial charge is 0.287 e. The third-order valence-corrected chi connectivity index (χ3v) is 6.24. The van der Waals surface area contributed by atoms with E-state index >= 15 is 0 Å². The Morgan fingerprint density at radius 1 is 1.13 bits per heavy atom. The Kier molecular flexibility index (Phi) is 7.14. The number of ether oxygens (including phenoxy) is 3. The second-order valence-corrected chi connectivity index (χ2v) is 8.51. The average Bonchev–Trinajstić information content (AvgIpc) is 3.49. The van der Waals surface area contributed by atoms with E-state index in [9.17, 15) is 4.79 Å². The van der Waals surface area contributed by atoms with Crippen LogP contribution in [0.25, 0.3) is 0 Å². The summed E-state index contributed by atoms with van der Waals surface area (Å²) in [6, 6.07) is 10.9. The normalized spacial score (nSPS) is 18.6. The molecule has 1 N–H and O–H groups in total. The molecule has 4 rings (SSSR count). The lowest BCUT2D eigenvalue weighted by Gasteiger charge is -2.40. The Balaban J connectivity index is 1.31. The first-order valence-electron chi connectivity index (χ1n) is 11.1. The molecule has 2 aliphatic rings. The van der Waals surface area contributed by atoms with Crippen LogP contribution < -0.4 is 14.8 Å². The van der Waals surface area contributed by atoms with Crippen LogP contribution in [0.15, 0.2) is 40.8 Å². The Hall–Kier alpha value is -2.51. The zero-order valence-electron chi connectivity index (χ0n) is 18.2. The van der Waals surface area contributed by atoms with E-state index < -0.39 is 0 Å². The highest BCUT2D eigenvalue weighted by molar-refractivity contribution is 5.91. The van der Waals surface area contributed by atoms with Crippen molar-refractivity contribution in [2.45, 2.75) is 32.3 Å². The van der Waals surface area contributed by atoms with Crippen molar-refractivity contribution in [2.75, 3.05) is 46.5 Å². The highest BCUT2D eigenvalue weighted by atomic mass is 16.5. The summed E-state index contributed by atoms with van der Waals surface area (Å²) in [5.74, 6) is 2.15. The van der Waals surface area contributed by atoms with E-state index in [1.54, 1.807) is 19.2 Å². The molecule has 31 heavy (non-hydrogen) atoms. The number of methoxy groups -OCH3 is 1. The number of carbonyl (C=O) groups is 1. The van der Waals surface area contributed by atoms with Gasteiger partial charge in [0.2, 0.25) is 0 Å². The van der Waals surface area contributed by atoms with Crippen LogP contribution in [0.1, 0.15) is 42.0 Å². The van der Waals surface area contributed by atoms with Crippen LogP contribution in [-0.2, 0) is 11.3 Å².